The molecule has 0 aliphatic carbocycles. The van der Waals surface area contributed by atoms with Crippen LogP contribution in [0.3, 0.4) is 0 Å². The minimum Gasteiger partial charge on any atom is -0.462 e. The van der Waals surface area contributed by atoms with E-state index >= 15 is 0 Å². The van der Waals surface area contributed by atoms with Gasteiger partial charge in [0.2, 0.25) is 0 Å². The van der Waals surface area contributed by atoms with Crippen LogP contribution in [0.5, 0.6) is 0 Å². The Bertz CT molecular complexity index is 512. The van der Waals surface area contributed by atoms with Crippen LogP contribution in [0.2, 0.25) is 0 Å². The van der Waals surface area contributed by atoms with Gasteiger partial charge in [0.25, 0.3) is 0 Å². The predicted molar refractivity (Wildman–Crippen MR) is 120 cm³/mol. The highest BCUT2D eigenvalue weighted by Crippen LogP contribution is 2.43. The van der Waals surface area contributed by atoms with Gasteiger partial charge in [0.1, 0.15) is 6.61 Å². The largest absolute Gasteiger partial charge is 0.472 e. The van der Waals surface area contributed by atoms with Gasteiger partial charge in [-0.05, 0) is 19.8 Å². The molecule has 0 saturated heterocycles. The second kappa shape index (κ2) is 19.7. The fourth-order valence-corrected chi connectivity index (χ4v) is 3.67. The van der Waals surface area contributed by atoms with Crippen molar-refractivity contribution in [1.82, 2.24) is 0 Å². The van der Waals surface area contributed by atoms with Gasteiger partial charge in [0, 0.05) is 12.8 Å². The Morgan fingerprint density at radius 2 is 1.26 bits per heavy atom. The zero-order chi connectivity index (χ0) is 23.4. The van der Waals surface area contributed by atoms with Crippen molar-refractivity contribution in [2.24, 2.45) is 0 Å². The average molecular weight is 467 g/mol. The van der Waals surface area contributed by atoms with Gasteiger partial charge in [-0.3, -0.25) is 18.6 Å². The van der Waals surface area contributed by atoms with Gasteiger partial charge in [0.15, 0.2) is 6.10 Å². The summed E-state index contributed by atoms with van der Waals surface area (Å²) in [6.45, 7) is 5.21. The van der Waals surface area contributed by atoms with Crippen LogP contribution < -0.4 is 0 Å². The Hall–Kier alpha value is -0.950. The average Bonchev–Trinajstić information content (AvgIpc) is 2.72. The van der Waals surface area contributed by atoms with Crippen molar-refractivity contribution in [1.29, 1.82) is 0 Å². The second-order valence-electron chi connectivity index (χ2n) is 7.66. The summed E-state index contributed by atoms with van der Waals surface area (Å²) in [6, 6.07) is 0. The van der Waals surface area contributed by atoms with Gasteiger partial charge in [-0.15, -0.1) is 0 Å². The molecule has 0 saturated carbocycles. The molecule has 184 valence electrons. The molecule has 1 unspecified atom stereocenters. The van der Waals surface area contributed by atoms with Crippen LogP contribution >= 0.6 is 7.82 Å². The monoisotopic (exact) mass is 466 g/mol. The Balaban J connectivity index is 4.36. The molecule has 0 spiro atoms. The molecule has 1 N–H and O–H groups in total. The minimum atomic E-state index is -4.23. The van der Waals surface area contributed by atoms with Crippen LogP contribution in [0.25, 0.3) is 0 Å². The van der Waals surface area contributed by atoms with Crippen LogP contribution in [0, 0.1) is 0 Å². The molecule has 0 aliphatic heterocycles. The maximum Gasteiger partial charge on any atom is 0.472 e. The topological polar surface area (TPSA) is 108 Å². The van der Waals surface area contributed by atoms with Crippen molar-refractivity contribution in [3.63, 3.8) is 0 Å². The Morgan fingerprint density at radius 3 is 1.84 bits per heavy atom. The highest BCUT2D eigenvalue weighted by Gasteiger charge is 2.25. The van der Waals surface area contributed by atoms with E-state index in [1.807, 2.05) is 0 Å². The van der Waals surface area contributed by atoms with E-state index in [4.69, 9.17) is 14.0 Å². The van der Waals surface area contributed by atoms with Crippen molar-refractivity contribution in [2.75, 3.05) is 19.8 Å². The maximum absolute atomic E-state index is 12.0. The smallest absolute Gasteiger partial charge is 0.462 e. The first-order valence-electron chi connectivity index (χ1n) is 11.8. The van der Waals surface area contributed by atoms with Crippen molar-refractivity contribution >= 4 is 19.8 Å². The SMILES string of the molecule is CCCCCCCCCC(=O)OC[C@@H](COP(=O)(O)OCC)OC(=O)CCCCCC. The van der Waals surface area contributed by atoms with Gasteiger partial charge in [0.05, 0.1) is 13.2 Å². The number of unbranched alkanes of at least 4 members (excludes halogenated alkanes) is 9. The molecule has 0 radical (unpaired) electrons. The van der Waals surface area contributed by atoms with Gasteiger partial charge in [-0.2, -0.15) is 0 Å². The van der Waals surface area contributed by atoms with Crippen molar-refractivity contribution in [3.8, 4) is 0 Å². The number of phosphoric acid groups is 1. The predicted octanol–water partition coefficient (Wildman–Crippen LogP) is 5.71. The third-order valence-corrected chi connectivity index (χ3v) is 5.72. The Morgan fingerprint density at radius 1 is 0.742 bits per heavy atom. The third kappa shape index (κ3) is 19.5. The van der Waals surface area contributed by atoms with Crippen molar-refractivity contribution in [2.45, 2.75) is 110 Å². The first-order valence-corrected chi connectivity index (χ1v) is 13.3. The fraction of sp³-hybridized carbons (Fsp3) is 0.909. The van der Waals surface area contributed by atoms with E-state index in [9.17, 15) is 19.0 Å². The Labute approximate surface area is 188 Å². The van der Waals surface area contributed by atoms with Crippen molar-refractivity contribution in [3.05, 3.63) is 0 Å². The number of ether oxygens (including phenoxy) is 2. The number of rotatable bonds is 21. The zero-order valence-electron chi connectivity index (χ0n) is 19.6. The molecule has 0 heterocycles. The highest BCUT2D eigenvalue weighted by molar-refractivity contribution is 7.47. The van der Waals surface area contributed by atoms with E-state index in [0.29, 0.717) is 12.8 Å². The summed E-state index contributed by atoms with van der Waals surface area (Å²) in [5.74, 6) is -0.827. The molecular formula is C22H43O8P. The molecule has 0 rings (SSSR count). The maximum atomic E-state index is 12.0. The standard InChI is InChI=1S/C22H43O8P/c1-4-7-9-11-12-13-15-16-21(23)27-18-20(19-29-31(25,26)28-6-3)30-22(24)17-14-10-8-5-2/h20H,4-19H2,1-3H3,(H,25,26)/t20-/m0/s1. The van der Waals surface area contributed by atoms with Crippen LogP contribution in [0.1, 0.15) is 104 Å². The highest BCUT2D eigenvalue weighted by atomic mass is 31.2. The molecule has 9 heteroatoms. The number of hydrogen-bond acceptors (Lipinski definition) is 7. The van der Waals surface area contributed by atoms with Crippen LogP contribution in [-0.2, 0) is 32.7 Å². The molecule has 0 aromatic carbocycles. The number of carbonyl (C=O) groups excluding carboxylic acids is 2. The molecule has 0 amide bonds. The van der Waals surface area contributed by atoms with E-state index < -0.39 is 19.9 Å². The molecule has 8 nitrogen and oxygen atoms in total. The lowest BCUT2D eigenvalue weighted by atomic mass is 10.1. The number of esters is 2. The van der Waals surface area contributed by atoms with E-state index in [-0.39, 0.29) is 32.2 Å². The van der Waals surface area contributed by atoms with Crippen LogP contribution in [0.4, 0.5) is 0 Å². The molecule has 0 aromatic rings. The number of phosphoric ester groups is 1. The second-order valence-corrected chi connectivity index (χ2v) is 9.11. The van der Waals surface area contributed by atoms with E-state index in [2.05, 4.69) is 18.4 Å². The molecule has 31 heavy (non-hydrogen) atoms. The molecule has 2 atom stereocenters. The van der Waals surface area contributed by atoms with Gasteiger partial charge in [-0.1, -0.05) is 71.6 Å². The molecule has 0 fully saturated rings. The van der Waals surface area contributed by atoms with E-state index in [1.54, 1.807) is 6.92 Å². The summed E-state index contributed by atoms with van der Waals surface area (Å²) >= 11 is 0. The first kappa shape index (κ1) is 30.0. The number of hydrogen-bond donors (Lipinski definition) is 1. The van der Waals surface area contributed by atoms with Crippen molar-refractivity contribution < 1.29 is 37.6 Å². The van der Waals surface area contributed by atoms with E-state index in [1.165, 1.54) is 25.7 Å². The third-order valence-electron chi connectivity index (χ3n) is 4.66. The van der Waals surface area contributed by atoms with Gasteiger partial charge < -0.3 is 14.4 Å². The zero-order valence-corrected chi connectivity index (χ0v) is 20.5. The van der Waals surface area contributed by atoms with Gasteiger partial charge >= 0.3 is 19.8 Å². The molecule has 0 aromatic heterocycles. The Kier molecular flexibility index (Phi) is 19.1. The quantitative estimate of drug-likeness (QED) is 0.130. The van der Waals surface area contributed by atoms with Gasteiger partial charge in [-0.25, -0.2) is 4.57 Å². The summed E-state index contributed by atoms with van der Waals surface area (Å²) in [7, 11) is -4.23. The molecule has 0 aliphatic rings. The summed E-state index contributed by atoms with van der Waals surface area (Å²) in [4.78, 5) is 33.6. The van der Waals surface area contributed by atoms with E-state index in [0.717, 1.165) is 38.5 Å². The van der Waals surface area contributed by atoms with Crippen LogP contribution in [-0.4, -0.2) is 42.8 Å². The number of carbonyl (C=O) groups is 2. The lowest BCUT2D eigenvalue weighted by molar-refractivity contribution is -0.161. The summed E-state index contributed by atoms with van der Waals surface area (Å²) in [5.41, 5.74) is 0. The molecule has 0 bridgehead atoms. The van der Waals surface area contributed by atoms with Crippen LogP contribution in [0.15, 0.2) is 0 Å². The first-order chi connectivity index (χ1) is 14.8. The molecular weight excluding hydrogens is 423 g/mol. The fourth-order valence-electron chi connectivity index (χ4n) is 2.92. The summed E-state index contributed by atoms with van der Waals surface area (Å²) in [5, 5.41) is 0. The summed E-state index contributed by atoms with van der Waals surface area (Å²) < 4.78 is 31.8. The minimum absolute atomic E-state index is 0.00307. The normalized spacial score (nSPS) is 14.1. The lowest BCUT2D eigenvalue weighted by Gasteiger charge is -2.19. The summed E-state index contributed by atoms with van der Waals surface area (Å²) in [6.07, 6.45) is 11.0. The lowest BCUT2D eigenvalue weighted by Crippen LogP contribution is -2.29.